The molecular formula is C8H9ClN2O. The lowest BCUT2D eigenvalue weighted by atomic mass is 10.4. The summed E-state index contributed by atoms with van der Waals surface area (Å²) in [5, 5.41) is 0.452. The van der Waals surface area contributed by atoms with E-state index in [1.54, 1.807) is 6.20 Å². The zero-order valence-electron chi connectivity index (χ0n) is 6.46. The maximum atomic E-state index is 5.75. The molecule has 0 bridgehead atoms. The fraction of sp³-hybridized carbons (Fsp3) is 0.375. The Morgan fingerprint density at radius 2 is 2.25 bits per heavy atom. The van der Waals surface area contributed by atoms with Crippen molar-refractivity contribution in [3.63, 3.8) is 0 Å². The highest BCUT2D eigenvalue weighted by atomic mass is 35.5. The Morgan fingerprint density at radius 3 is 2.92 bits per heavy atom. The van der Waals surface area contributed by atoms with Crippen LogP contribution in [0, 0.1) is 0 Å². The highest BCUT2D eigenvalue weighted by Crippen LogP contribution is 2.33. The summed E-state index contributed by atoms with van der Waals surface area (Å²) >= 11 is 5.75. The van der Waals surface area contributed by atoms with E-state index < -0.39 is 0 Å². The molecule has 0 aromatic carbocycles. The second-order valence-electron chi connectivity index (χ2n) is 2.85. The fourth-order valence-electron chi connectivity index (χ4n) is 0.887. The van der Waals surface area contributed by atoms with E-state index in [2.05, 4.69) is 4.98 Å². The molecule has 0 aliphatic heterocycles. The van der Waals surface area contributed by atoms with E-state index in [9.17, 15) is 0 Å². The van der Waals surface area contributed by atoms with E-state index in [0.717, 1.165) is 12.8 Å². The summed E-state index contributed by atoms with van der Waals surface area (Å²) in [6.07, 6.45) is 5.64. The number of pyridine rings is 1. The summed E-state index contributed by atoms with van der Waals surface area (Å²) in [6.45, 7) is 0. The lowest BCUT2D eigenvalue weighted by Gasteiger charge is -2.06. The Kier molecular flexibility index (Phi) is 1.81. The molecule has 0 amide bonds. The summed E-state index contributed by atoms with van der Waals surface area (Å²) in [5.41, 5.74) is 6.15. The van der Waals surface area contributed by atoms with Gasteiger partial charge in [-0.1, -0.05) is 11.6 Å². The molecule has 1 aromatic rings. The molecule has 2 N–H and O–H groups in total. The van der Waals surface area contributed by atoms with E-state index in [1.807, 2.05) is 0 Å². The SMILES string of the molecule is Nc1c(Cl)cncc1OC1CC1. The Hall–Kier alpha value is -0.960. The molecule has 1 aliphatic rings. The first-order valence-electron chi connectivity index (χ1n) is 3.83. The van der Waals surface area contributed by atoms with E-state index in [1.165, 1.54) is 6.20 Å². The second kappa shape index (κ2) is 2.83. The van der Waals surface area contributed by atoms with Crippen LogP contribution in [0.2, 0.25) is 5.02 Å². The number of nitrogens with two attached hydrogens (primary N) is 1. The number of nitrogens with zero attached hydrogens (tertiary/aromatic N) is 1. The molecule has 3 nitrogen and oxygen atoms in total. The van der Waals surface area contributed by atoms with Gasteiger partial charge in [-0.25, -0.2) is 0 Å². The molecule has 64 valence electrons. The number of anilines is 1. The molecule has 0 radical (unpaired) electrons. The second-order valence-corrected chi connectivity index (χ2v) is 3.26. The number of rotatable bonds is 2. The van der Waals surface area contributed by atoms with Crippen LogP contribution in [-0.2, 0) is 0 Å². The molecule has 1 aromatic heterocycles. The van der Waals surface area contributed by atoms with E-state index in [-0.39, 0.29) is 0 Å². The molecular weight excluding hydrogens is 176 g/mol. The number of hydrogen-bond acceptors (Lipinski definition) is 3. The van der Waals surface area contributed by atoms with Gasteiger partial charge in [0.05, 0.1) is 23.0 Å². The average molecular weight is 185 g/mol. The number of hydrogen-bond donors (Lipinski definition) is 1. The monoisotopic (exact) mass is 184 g/mol. The zero-order valence-corrected chi connectivity index (χ0v) is 7.21. The summed E-state index contributed by atoms with van der Waals surface area (Å²) in [4.78, 5) is 3.89. The van der Waals surface area contributed by atoms with Gasteiger partial charge in [-0.2, -0.15) is 0 Å². The van der Waals surface area contributed by atoms with Crippen molar-refractivity contribution in [2.45, 2.75) is 18.9 Å². The number of nitrogen functional groups attached to an aromatic ring is 1. The van der Waals surface area contributed by atoms with Crippen molar-refractivity contribution >= 4 is 17.3 Å². The van der Waals surface area contributed by atoms with Crippen molar-refractivity contribution in [1.82, 2.24) is 4.98 Å². The molecule has 4 heteroatoms. The molecule has 12 heavy (non-hydrogen) atoms. The Bertz CT molecular complexity index is 299. The van der Waals surface area contributed by atoms with Gasteiger partial charge < -0.3 is 10.5 Å². The van der Waals surface area contributed by atoms with Crippen LogP contribution in [0.3, 0.4) is 0 Å². The van der Waals surface area contributed by atoms with Gasteiger partial charge in [-0.05, 0) is 12.8 Å². The Labute approximate surface area is 75.5 Å². The summed E-state index contributed by atoms with van der Waals surface area (Å²) in [6, 6.07) is 0. The molecule has 2 rings (SSSR count). The van der Waals surface area contributed by atoms with Crippen LogP contribution < -0.4 is 10.5 Å². The van der Waals surface area contributed by atoms with Crippen LogP contribution in [-0.4, -0.2) is 11.1 Å². The minimum Gasteiger partial charge on any atom is -0.487 e. The average Bonchev–Trinajstić information content (AvgIpc) is 2.83. The Balaban J connectivity index is 2.23. The van der Waals surface area contributed by atoms with E-state index in [4.69, 9.17) is 22.1 Å². The minimum atomic E-state index is 0.326. The Morgan fingerprint density at radius 1 is 1.50 bits per heavy atom. The lowest BCUT2D eigenvalue weighted by molar-refractivity contribution is 0.304. The first kappa shape index (κ1) is 7.68. The number of aromatic nitrogens is 1. The molecule has 0 atom stereocenters. The highest BCUT2D eigenvalue weighted by molar-refractivity contribution is 6.33. The maximum absolute atomic E-state index is 5.75. The molecule has 1 heterocycles. The van der Waals surface area contributed by atoms with Gasteiger partial charge in [0.15, 0.2) is 5.75 Å². The number of ether oxygens (including phenoxy) is 1. The summed E-state index contributed by atoms with van der Waals surface area (Å²) in [5.74, 6) is 0.602. The van der Waals surface area contributed by atoms with Crippen LogP contribution in [0.15, 0.2) is 12.4 Å². The molecule has 1 aliphatic carbocycles. The van der Waals surface area contributed by atoms with Crippen molar-refractivity contribution in [3.8, 4) is 5.75 Å². The van der Waals surface area contributed by atoms with Crippen molar-refractivity contribution in [2.75, 3.05) is 5.73 Å². The van der Waals surface area contributed by atoms with E-state index >= 15 is 0 Å². The van der Waals surface area contributed by atoms with Gasteiger partial charge in [-0.15, -0.1) is 0 Å². The van der Waals surface area contributed by atoms with Crippen molar-refractivity contribution in [2.24, 2.45) is 0 Å². The normalized spacial score (nSPS) is 16.1. The minimum absolute atomic E-state index is 0.326. The standard InChI is InChI=1S/C8H9ClN2O/c9-6-3-11-4-7(8(6)10)12-5-1-2-5/h3-5H,1-2H2,(H2,10,11). The lowest BCUT2D eigenvalue weighted by Crippen LogP contribution is -2.00. The van der Waals surface area contributed by atoms with Crippen LogP contribution in [0.4, 0.5) is 5.69 Å². The van der Waals surface area contributed by atoms with Gasteiger partial charge in [0, 0.05) is 6.20 Å². The van der Waals surface area contributed by atoms with Crippen LogP contribution in [0.25, 0.3) is 0 Å². The van der Waals surface area contributed by atoms with E-state index in [0.29, 0.717) is 22.6 Å². The van der Waals surface area contributed by atoms with Gasteiger partial charge in [0.25, 0.3) is 0 Å². The van der Waals surface area contributed by atoms with Crippen LogP contribution >= 0.6 is 11.6 Å². The quantitative estimate of drug-likeness (QED) is 0.763. The van der Waals surface area contributed by atoms with Crippen LogP contribution in [0.5, 0.6) is 5.75 Å². The van der Waals surface area contributed by atoms with Gasteiger partial charge in [0.1, 0.15) is 0 Å². The van der Waals surface area contributed by atoms with Gasteiger partial charge >= 0.3 is 0 Å². The first-order valence-corrected chi connectivity index (χ1v) is 4.21. The molecule has 0 spiro atoms. The smallest absolute Gasteiger partial charge is 0.162 e. The molecule has 0 saturated heterocycles. The third-order valence-electron chi connectivity index (χ3n) is 1.72. The highest BCUT2D eigenvalue weighted by Gasteiger charge is 2.24. The van der Waals surface area contributed by atoms with Crippen LogP contribution in [0.1, 0.15) is 12.8 Å². The van der Waals surface area contributed by atoms with Gasteiger partial charge in [-0.3, -0.25) is 4.98 Å². The maximum Gasteiger partial charge on any atom is 0.162 e. The number of halogens is 1. The molecule has 1 saturated carbocycles. The third kappa shape index (κ3) is 1.46. The summed E-state index contributed by atoms with van der Waals surface area (Å²) in [7, 11) is 0. The van der Waals surface area contributed by atoms with Gasteiger partial charge in [0.2, 0.25) is 0 Å². The molecule has 1 fully saturated rings. The topological polar surface area (TPSA) is 48.1 Å². The zero-order chi connectivity index (χ0) is 8.55. The predicted octanol–water partition coefficient (Wildman–Crippen LogP) is 1.86. The van der Waals surface area contributed by atoms with Crippen molar-refractivity contribution in [3.05, 3.63) is 17.4 Å². The largest absolute Gasteiger partial charge is 0.487 e. The molecule has 0 unspecified atom stereocenters. The fourth-order valence-corrected chi connectivity index (χ4v) is 1.04. The van der Waals surface area contributed by atoms with Crippen molar-refractivity contribution in [1.29, 1.82) is 0 Å². The predicted molar refractivity (Wildman–Crippen MR) is 47.3 cm³/mol. The van der Waals surface area contributed by atoms with Crippen molar-refractivity contribution < 1.29 is 4.74 Å². The summed E-state index contributed by atoms with van der Waals surface area (Å²) < 4.78 is 5.46. The first-order chi connectivity index (χ1) is 5.77. The third-order valence-corrected chi connectivity index (χ3v) is 2.02.